The number of hydrogen-bond acceptors (Lipinski definition) is 4. The molecular weight excluding hydrogens is 286 g/mol. The average molecular weight is 306 g/mol. The normalized spacial score (nSPS) is 14.7. The summed E-state index contributed by atoms with van der Waals surface area (Å²) < 4.78 is 29.9. The van der Waals surface area contributed by atoms with Crippen molar-refractivity contribution in [3.05, 3.63) is 0 Å². The first-order chi connectivity index (χ1) is 8.14. The summed E-state index contributed by atoms with van der Waals surface area (Å²) in [5.41, 5.74) is 0. The molecule has 0 aromatic heterocycles. The predicted octanol–water partition coefficient (Wildman–Crippen LogP) is 1.54. The third-order valence-electron chi connectivity index (χ3n) is 2.10. The molecule has 0 aliphatic rings. The molecule has 1 atom stereocenters. The minimum atomic E-state index is -4.54. The molecule has 0 saturated heterocycles. The molecule has 110 valence electrons. The Morgan fingerprint density at radius 1 is 1.00 bits per heavy atom. The van der Waals surface area contributed by atoms with E-state index in [0.717, 1.165) is 12.8 Å². The van der Waals surface area contributed by atoms with Gasteiger partial charge in [-0.15, -0.1) is 0 Å². The fraction of sp³-hybridized carbons (Fsp3) is 1.00. The highest BCUT2D eigenvalue weighted by molar-refractivity contribution is 7.46. The molecule has 0 spiro atoms. The van der Waals surface area contributed by atoms with Gasteiger partial charge in [0.25, 0.3) is 0 Å². The van der Waals surface area contributed by atoms with Crippen molar-refractivity contribution < 1.29 is 37.8 Å². The van der Waals surface area contributed by atoms with Crippen molar-refractivity contribution in [3.8, 4) is 0 Å². The van der Waals surface area contributed by atoms with E-state index >= 15 is 0 Å². The van der Waals surface area contributed by atoms with Gasteiger partial charge in [0.15, 0.2) is 0 Å². The fourth-order valence-corrected chi connectivity index (χ4v) is 2.34. The van der Waals surface area contributed by atoms with Gasteiger partial charge in [-0.25, -0.2) is 9.13 Å². The molecule has 0 bridgehead atoms. The highest BCUT2D eigenvalue weighted by Gasteiger charge is 2.22. The van der Waals surface area contributed by atoms with Crippen molar-refractivity contribution in [1.82, 2.24) is 0 Å². The van der Waals surface area contributed by atoms with E-state index in [4.69, 9.17) is 19.6 Å². The first-order valence-corrected chi connectivity index (χ1v) is 8.64. The molecule has 18 heavy (non-hydrogen) atoms. The lowest BCUT2D eigenvalue weighted by atomic mass is 10.1. The zero-order chi connectivity index (χ0) is 14.2. The van der Waals surface area contributed by atoms with Crippen molar-refractivity contribution in [1.29, 1.82) is 0 Å². The van der Waals surface area contributed by atoms with Gasteiger partial charge in [-0.05, 0) is 19.3 Å². The molecule has 0 saturated carbocycles. The van der Waals surface area contributed by atoms with Crippen LogP contribution in [0.4, 0.5) is 0 Å². The van der Waals surface area contributed by atoms with E-state index in [-0.39, 0.29) is 19.4 Å². The molecule has 0 aromatic carbocycles. The summed E-state index contributed by atoms with van der Waals surface area (Å²) in [6.07, 6.45) is 1.98. The van der Waals surface area contributed by atoms with E-state index in [2.05, 4.69) is 9.05 Å². The fourth-order valence-electron chi connectivity index (χ4n) is 1.37. The van der Waals surface area contributed by atoms with Gasteiger partial charge < -0.3 is 19.6 Å². The Labute approximate surface area is 106 Å². The van der Waals surface area contributed by atoms with Gasteiger partial charge in [-0.3, -0.25) is 9.05 Å². The monoisotopic (exact) mass is 306 g/mol. The van der Waals surface area contributed by atoms with Crippen LogP contribution in [0.25, 0.3) is 0 Å². The molecular formula is C8H20O8P2. The molecule has 0 rings (SSSR count). The van der Waals surface area contributed by atoms with Crippen LogP contribution in [0.2, 0.25) is 0 Å². The maximum atomic E-state index is 10.7. The standard InChI is InChI=1S/C8H20O8P2/c1-2-3-5-8(16-18(12,13)14)6-4-7-15-17(9,10)11/h8H,2-7H2,1H3,(H2,9,10,11)(H2,12,13,14). The van der Waals surface area contributed by atoms with Crippen LogP contribution in [0.1, 0.15) is 39.0 Å². The van der Waals surface area contributed by atoms with Gasteiger partial charge in [0.05, 0.1) is 12.7 Å². The largest absolute Gasteiger partial charge is 0.469 e. The summed E-state index contributed by atoms with van der Waals surface area (Å²) in [5.74, 6) is 0. The van der Waals surface area contributed by atoms with E-state index in [1.807, 2.05) is 6.92 Å². The number of hydrogen-bond donors (Lipinski definition) is 4. The van der Waals surface area contributed by atoms with E-state index in [0.29, 0.717) is 6.42 Å². The van der Waals surface area contributed by atoms with Crippen LogP contribution < -0.4 is 0 Å². The van der Waals surface area contributed by atoms with Gasteiger partial charge in [-0.2, -0.15) is 0 Å². The second-order valence-electron chi connectivity index (χ2n) is 3.83. The lowest BCUT2D eigenvalue weighted by Gasteiger charge is -2.17. The Balaban J connectivity index is 4.01. The van der Waals surface area contributed by atoms with Crippen LogP contribution in [0.15, 0.2) is 0 Å². The van der Waals surface area contributed by atoms with Crippen LogP contribution in [0.3, 0.4) is 0 Å². The van der Waals surface area contributed by atoms with Crippen molar-refractivity contribution >= 4 is 15.6 Å². The summed E-state index contributed by atoms with van der Waals surface area (Å²) in [4.78, 5) is 34.3. The topological polar surface area (TPSA) is 134 Å². The molecule has 0 aliphatic heterocycles. The first-order valence-electron chi connectivity index (χ1n) is 5.58. The maximum Gasteiger partial charge on any atom is 0.469 e. The second-order valence-corrected chi connectivity index (χ2v) is 6.26. The van der Waals surface area contributed by atoms with Crippen LogP contribution >= 0.6 is 15.6 Å². The predicted molar refractivity (Wildman–Crippen MR) is 63.7 cm³/mol. The van der Waals surface area contributed by atoms with E-state index < -0.39 is 21.7 Å². The summed E-state index contributed by atoms with van der Waals surface area (Å²) in [5, 5.41) is 0. The molecule has 10 heteroatoms. The molecule has 8 nitrogen and oxygen atoms in total. The Hall–Kier alpha value is 0.220. The lowest BCUT2D eigenvalue weighted by molar-refractivity contribution is 0.108. The summed E-state index contributed by atoms with van der Waals surface area (Å²) in [6, 6.07) is 0. The van der Waals surface area contributed by atoms with Crippen molar-refractivity contribution in [2.75, 3.05) is 6.61 Å². The molecule has 1 unspecified atom stereocenters. The van der Waals surface area contributed by atoms with E-state index in [1.54, 1.807) is 0 Å². The lowest BCUT2D eigenvalue weighted by Crippen LogP contribution is -2.12. The smallest absolute Gasteiger partial charge is 0.303 e. The maximum absolute atomic E-state index is 10.7. The zero-order valence-corrected chi connectivity index (χ0v) is 11.9. The number of phosphoric acid groups is 2. The summed E-state index contributed by atoms with van der Waals surface area (Å²) >= 11 is 0. The Morgan fingerprint density at radius 3 is 2.00 bits per heavy atom. The second kappa shape index (κ2) is 8.40. The molecule has 0 heterocycles. The highest BCUT2D eigenvalue weighted by atomic mass is 31.2. The molecule has 0 radical (unpaired) electrons. The number of unbranched alkanes of at least 4 members (excludes halogenated alkanes) is 1. The van der Waals surface area contributed by atoms with Crippen molar-refractivity contribution in [2.45, 2.75) is 45.1 Å². The Kier molecular flexibility index (Phi) is 8.51. The zero-order valence-electron chi connectivity index (χ0n) is 10.1. The molecule has 4 N–H and O–H groups in total. The van der Waals surface area contributed by atoms with Gasteiger partial charge in [-0.1, -0.05) is 19.8 Å². The van der Waals surface area contributed by atoms with Crippen LogP contribution in [0.5, 0.6) is 0 Å². The quantitative estimate of drug-likeness (QED) is 0.353. The Bertz CT molecular complexity index is 308. The molecule has 0 fully saturated rings. The van der Waals surface area contributed by atoms with E-state index in [1.165, 1.54) is 0 Å². The first kappa shape index (κ1) is 18.2. The number of phosphoric ester groups is 2. The van der Waals surface area contributed by atoms with Crippen LogP contribution in [0, 0.1) is 0 Å². The van der Waals surface area contributed by atoms with Gasteiger partial charge in [0.1, 0.15) is 0 Å². The van der Waals surface area contributed by atoms with Gasteiger partial charge in [0, 0.05) is 0 Å². The minimum Gasteiger partial charge on any atom is -0.303 e. The third-order valence-corrected chi connectivity index (χ3v) is 3.19. The van der Waals surface area contributed by atoms with Crippen molar-refractivity contribution in [3.63, 3.8) is 0 Å². The number of rotatable bonds is 10. The highest BCUT2D eigenvalue weighted by Crippen LogP contribution is 2.40. The van der Waals surface area contributed by atoms with Crippen LogP contribution in [-0.4, -0.2) is 32.3 Å². The Morgan fingerprint density at radius 2 is 1.56 bits per heavy atom. The van der Waals surface area contributed by atoms with Gasteiger partial charge in [0.2, 0.25) is 0 Å². The molecule has 0 amide bonds. The SMILES string of the molecule is CCCCC(CCCOP(=O)(O)O)OP(=O)(O)O. The van der Waals surface area contributed by atoms with E-state index in [9.17, 15) is 9.13 Å². The van der Waals surface area contributed by atoms with Crippen LogP contribution in [-0.2, 0) is 18.2 Å². The molecule has 0 aliphatic carbocycles. The third kappa shape index (κ3) is 12.7. The van der Waals surface area contributed by atoms with Gasteiger partial charge >= 0.3 is 15.6 Å². The minimum absolute atomic E-state index is 0.183. The van der Waals surface area contributed by atoms with Crippen molar-refractivity contribution in [2.24, 2.45) is 0 Å². The summed E-state index contributed by atoms with van der Waals surface area (Å²) in [6.45, 7) is 1.75. The summed E-state index contributed by atoms with van der Waals surface area (Å²) in [7, 11) is -9.02. The average Bonchev–Trinajstić information content (AvgIpc) is 2.17. The molecule has 0 aromatic rings.